The normalized spacial score (nSPS) is 12.5. The van der Waals surface area contributed by atoms with Crippen LogP contribution in [0.25, 0.3) is 0 Å². The van der Waals surface area contributed by atoms with Crippen LogP contribution in [-0.4, -0.2) is 29.5 Å². The Labute approximate surface area is 94.6 Å². The number of hydrogen-bond acceptors (Lipinski definition) is 4. The minimum absolute atomic E-state index is 0.137. The SMILES string of the molecule is Nc1cc(Br)c(F)cc1OCC(O)CO. The van der Waals surface area contributed by atoms with Crippen LogP contribution in [0.15, 0.2) is 16.6 Å². The average Bonchev–Trinajstić information content (AvgIpc) is 2.21. The van der Waals surface area contributed by atoms with Crippen molar-refractivity contribution < 1.29 is 19.3 Å². The molecule has 84 valence electrons. The van der Waals surface area contributed by atoms with E-state index in [-0.39, 0.29) is 22.5 Å². The predicted octanol–water partition coefficient (Wildman–Crippen LogP) is 0.902. The van der Waals surface area contributed by atoms with E-state index in [4.69, 9.17) is 20.7 Å². The first-order valence-electron chi connectivity index (χ1n) is 4.21. The molecule has 0 aromatic heterocycles. The molecule has 0 aliphatic rings. The number of nitrogens with two attached hydrogens (primary N) is 1. The van der Waals surface area contributed by atoms with Crippen LogP contribution in [-0.2, 0) is 0 Å². The molecule has 0 saturated carbocycles. The maximum absolute atomic E-state index is 13.1. The molecule has 1 aromatic rings. The molecule has 4 nitrogen and oxygen atoms in total. The third-order valence-corrected chi connectivity index (χ3v) is 2.30. The highest BCUT2D eigenvalue weighted by Crippen LogP contribution is 2.28. The van der Waals surface area contributed by atoms with Gasteiger partial charge in [-0.15, -0.1) is 0 Å². The Balaban J connectivity index is 2.73. The van der Waals surface area contributed by atoms with Gasteiger partial charge in [-0.2, -0.15) is 0 Å². The number of halogens is 2. The van der Waals surface area contributed by atoms with E-state index < -0.39 is 18.5 Å². The molecule has 0 radical (unpaired) electrons. The lowest BCUT2D eigenvalue weighted by molar-refractivity contribution is 0.0537. The molecule has 6 heteroatoms. The van der Waals surface area contributed by atoms with Crippen molar-refractivity contribution in [1.29, 1.82) is 0 Å². The van der Waals surface area contributed by atoms with Crippen LogP contribution in [0, 0.1) is 5.82 Å². The fraction of sp³-hybridized carbons (Fsp3) is 0.333. The molecule has 1 aromatic carbocycles. The highest BCUT2D eigenvalue weighted by molar-refractivity contribution is 9.10. The van der Waals surface area contributed by atoms with Gasteiger partial charge in [0.15, 0.2) is 0 Å². The second-order valence-electron chi connectivity index (χ2n) is 2.95. The molecule has 1 rings (SSSR count). The lowest BCUT2D eigenvalue weighted by Gasteiger charge is -2.12. The monoisotopic (exact) mass is 279 g/mol. The Kier molecular flexibility index (Phi) is 4.31. The van der Waals surface area contributed by atoms with Crippen LogP contribution in [0.3, 0.4) is 0 Å². The van der Waals surface area contributed by atoms with Crippen LogP contribution in [0.1, 0.15) is 0 Å². The highest BCUT2D eigenvalue weighted by Gasteiger charge is 2.09. The first kappa shape index (κ1) is 12.2. The Morgan fingerprint density at radius 2 is 2.20 bits per heavy atom. The number of aliphatic hydroxyl groups is 2. The van der Waals surface area contributed by atoms with Gasteiger partial charge in [-0.3, -0.25) is 0 Å². The fourth-order valence-electron chi connectivity index (χ4n) is 0.908. The largest absolute Gasteiger partial charge is 0.489 e. The minimum atomic E-state index is -1.00. The summed E-state index contributed by atoms with van der Waals surface area (Å²) in [5.74, 6) is -0.360. The van der Waals surface area contributed by atoms with E-state index in [9.17, 15) is 4.39 Å². The molecule has 0 heterocycles. The zero-order valence-corrected chi connectivity index (χ0v) is 9.37. The van der Waals surface area contributed by atoms with Crippen molar-refractivity contribution in [3.8, 4) is 5.75 Å². The van der Waals surface area contributed by atoms with E-state index in [0.717, 1.165) is 6.07 Å². The summed E-state index contributed by atoms with van der Waals surface area (Å²) in [4.78, 5) is 0. The summed E-state index contributed by atoms with van der Waals surface area (Å²) in [6.07, 6.45) is -1.00. The lowest BCUT2D eigenvalue weighted by Crippen LogP contribution is -2.21. The zero-order chi connectivity index (χ0) is 11.4. The number of benzene rings is 1. The quantitative estimate of drug-likeness (QED) is 0.716. The summed E-state index contributed by atoms with van der Waals surface area (Å²) < 4.78 is 18.3. The number of rotatable bonds is 4. The number of ether oxygens (including phenoxy) is 1. The standard InChI is InChI=1S/C9H11BrFNO3/c10-6-1-8(12)9(2-7(6)11)15-4-5(14)3-13/h1-2,5,13-14H,3-4,12H2. The molecule has 0 bridgehead atoms. The van der Waals surface area contributed by atoms with E-state index >= 15 is 0 Å². The summed E-state index contributed by atoms with van der Waals surface area (Å²) in [6.45, 7) is -0.555. The predicted molar refractivity (Wildman–Crippen MR) is 57.1 cm³/mol. The molecular formula is C9H11BrFNO3. The number of aliphatic hydroxyl groups excluding tert-OH is 2. The third kappa shape index (κ3) is 3.33. The smallest absolute Gasteiger partial charge is 0.145 e. The zero-order valence-electron chi connectivity index (χ0n) is 7.78. The van der Waals surface area contributed by atoms with E-state index in [0.29, 0.717) is 0 Å². The molecule has 0 aliphatic carbocycles. The maximum atomic E-state index is 13.1. The van der Waals surface area contributed by atoms with Crippen LogP contribution in [0.2, 0.25) is 0 Å². The van der Waals surface area contributed by atoms with Gasteiger partial charge in [-0.25, -0.2) is 4.39 Å². The van der Waals surface area contributed by atoms with E-state index in [1.54, 1.807) is 0 Å². The summed E-state index contributed by atoms with van der Waals surface area (Å²) in [5.41, 5.74) is 5.81. The van der Waals surface area contributed by atoms with Gasteiger partial charge in [-0.1, -0.05) is 0 Å². The number of nitrogen functional groups attached to an aromatic ring is 1. The van der Waals surface area contributed by atoms with Crippen molar-refractivity contribution in [2.24, 2.45) is 0 Å². The molecule has 15 heavy (non-hydrogen) atoms. The molecule has 1 atom stereocenters. The maximum Gasteiger partial charge on any atom is 0.145 e. The van der Waals surface area contributed by atoms with Crippen molar-refractivity contribution in [3.05, 3.63) is 22.4 Å². The van der Waals surface area contributed by atoms with Crippen LogP contribution >= 0.6 is 15.9 Å². The molecule has 0 amide bonds. The van der Waals surface area contributed by atoms with Gasteiger partial charge in [0.2, 0.25) is 0 Å². The first-order chi connectivity index (χ1) is 7.04. The van der Waals surface area contributed by atoms with Gasteiger partial charge in [-0.05, 0) is 22.0 Å². The van der Waals surface area contributed by atoms with Crippen molar-refractivity contribution in [3.63, 3.8) is 0 Å². The number of hydrogen-bond donors (Lipinski definition) is 3. The third-order valence-electron chi connectivity index (χ3n) is 1.69. The van der Waals surface area contributed by atoms with Gasteiger partial charge < -0.3 is 20.7 Å². The first-order valence-corrected chi connectivity index (χ1v) is 5.00. The van der Waals surface area contributed by atoms with Crippen molar-refractivity contribution in [2.75, 3.05) is 18.9 Å². The molecular weight excluding hydrogens is 269 g/mol. The van der Waals surface area contributed by atoms with Gasteiger partial charge in [0, 0.05) is 6.07 Å². The fourth-order valence-corrected chi connectivity index (χ4v) is 1.27. The summed E-state index contributed by atoms with van der Waals surface area (Å²) in [5, 5.41) is 17.6. The molecule has 4 N–H and O–H groups in total. The molecule has 0 aliphatic heterocycles. The van der Waals surface area contributed by atoms with E-state index in [1.165, 1.54) is 6.07 Å². The van der Waals surface area contributed by atoms with E-state index in [2.05, 4.69) is 15.9 Å². The summed E-state index contributed by atoms with van der Waals surface area (Å²) in [7, 11) is 0. The van der Waals surface area contributed by atoms with Gasteiger partial charge in [0.05, 0.1) is 16.8 Å². The second kappa shape index (κ2) is 5.29. The molecule has 0 saturated heterocycles. The Morgan fingerprint density at radius 3 is 2.80 bits per heavy atom. The Bertz CT molecular complexity index is 348. The van der Waals surface area contributed by atoms with Crippen molar-refractivity contribution in [2.45, 2.75) is 6.10 Å². The molecule has 0 spiro atoms. The minimum Gasteiger partial charge on any atom is -0.489 e. The molecule has 0 fully saturated rings. The van der Waals surface area contributed by atoms with Crippen LogP contribution < -0.4 is 10.5 Å². The summed E-state index contributed by atoms with van der Waals surface area (Å²) >= 11 is 2.97. The van der Waals surface area contributed by atoms with E-state index in [1.807, 2.05) is 0 Å². The highest BCUT2D eigenvalue weighted by atomic mass is 79.9. The average molecular weight is 280 g/mol. The van der Waals surface area contributed by atoms with Gasteiger partial charge >= 0.3 is 0 Å². The molecule has 1 unspecified atom stereocenters. The topological polar surface area (TPSA) is 75.7 Å². The van der Waals surface area contributed by atoms with Crippen LogP contribution in [0.4, 0.5) is 10.1 Å². The second-order valence-corrected chi connectivity index (χ2v) is 3.81. The van der Waals surface area contributed by atoms with Crippen LogP contribution in [0.5, 0.6) is 5.75 Å². The van der Waals surface area contributed by atoms with Gasteiger partial charge in [0.1, 0.15) is 24.3 Å². The van der Waals surface area contributed by atoms with Crippen molar-refractivity contribution >= 4 is 21.6 Å². The summed E-state index contributed by atoms with van der Waals surface area (Å²) in [6, 6.07) is 2.49. The van der Waals surface area contributed by atoms with Crippen molar-refractivity contribution in [1.82, 2.24) is 0 Å². The Hall–Kier alpha value is -0.850. The number of anilines is 1. The van der Waals surface area contributed by atoms with Gasteiger partial charge in [0.25, 0.3) is 0 Å². The lowest BCUT2D eigenvalue weighted by atomic mass is 10.3. The Morgan fingerprint density at radius 1 is 1.53 bits per heavy atom.